The lowest BCUT2D eigenvalue weighted by Gasteiger charge is -2.22. The molecule has 1 aliphatic heterocycles. The van der Waals surface area contributed by atoms with Gasteiger partial charge in [0.2, 0.25) is 0 Å². The smallest absolute Gasteiger partial charge is 0.256 e. The minimum absolute atomic E-state index is 0.0887. The number of likely N-dealkylation sites (tertiary alicyclic amines) is 1. The summed E-state index contributed by atoms with van der Waals surface area (Å²) in [6.45, 7) is 5.94. The second-order valence-corrected chi connectivity index (χ2v) is 5.52. The summed E-state index contributed by atoms with van der Waals surface area (Å²) >= 11 is 0. The molecular formula is C15H23N3O. The Kier molecular flexibility index (Phi) is 4.43. The van der Waals surface area contributed by atoms with Gasteiger partial charge in [-0.1, -0.05) is 18.6 Å². The molecule has 1 aliphatic rings. The van der Waals surface area contributed by atoms with Gasteiger partial charge in [0, 0.05) is 13.1 Å². The molecule has 104 valence electrons. The first-order valence-corrected chi connectivity index (χ1v) is 6.98. The van der Waals surface area contributed by atoms with Crippen LogP contribution in [0.25, 0.3) is 0 Å². The Morgan fingerprint density at radius 1 is 1.37 bits per heavy atom. The number of amides is 1. The standard InChI is InChI=1S/C15H23N3O/c1-11-4-3-8-18(9-7-11)15(19)13-10-12(2)5-6-14(13)17-16/h5-6,10-11,17H,3-4,7-9,16H2,1-2H3. The maximum atomic E-state index is 12.6. The van der Waals surface area contributed by atoms with E-state index in [1.54, 1.807) is 0 Å². The highest BCUT2D eigenvalue weighted by molar-refractivity contribution is 5.99. The number of nitrogens with zero attached hydrogens (tertiary/aromatic N) is 1. The average molecular weight is 261 g/mol. The molecule has 1 atom stereocenters. The first kappa shape index (κ1) is 13.9. The van der Waals surface area contributed by atoms with Crippen molar-refractivity contribution in [2.45, 2.75) is 33.1 Å². The van der Waals surface area contributed by atoms with E-state index in [0.29, 0.717) is 17.2 Å². The zero-order chi connectivity index (χ0) is 13.8. The number of nitrogens with two attached hydrogens (primary N) is 1. The molecule has 4 nitrogen and oxygen atoms in total. The summed E-state index contributed by atoms with van der Waals surface area (Å²) < 4.78 is 0. The zero-order valence-electron chi connectivity index (χ0n) is 11.8. The fourth-order valence-electron chi connectivity index (χ4n) is 2.60. The van der Waals surface area contributed by atoms with E-state index in [9.17, 15) is 4.79 Å². The molecule has 0 radical (unpaired) electrons. The Balaban J connectivity index is 2.21. The Morgan fingerprint density at radius 2 is 2.16 bits per heavy atom. The maximum Gasteiger partial charge on any atom is 0.256 e. The lowest BCUT2D eigenvalue weighted by Crippen LogP contribution is -2.32. The van der Waals surface area contributed by atoms with E-state index in [1.165, 1.54) is 6.42 Å². The molecule has 1 aromatic rings. The molecule has 1 saturated heterocycles. The minimum Gasteiger partial charge on any atom is -0.339 e. The Bertz CT molecular complexity index is 459. The van der Waals surface area contributed by atoms with Crippen LogP contribution in [-0.4, -0.2) is 23.9 Å². The molecule has 0 bridgehead atoms. The highest BCUT2D eigenvalue weighted by Crippen LogP contribution is 2.22. The number of nitrogens with one attached hydrogen (secondary N) is 1. The number of hydrogen-bond acceptors (Lipinski definition) is 3. The van der Waals surface area contributed by atoms with E-state index in [0.717, 1.165) is 31.5 Å². The average Bonchev–Trinajstić information content (AvgIpc) is 2.62. The number of hydrogen-bond donors (Lipinski definition) is 2. The summed E-state index contributed by atoms with van der Waals surface area (Å²) in [6.07, 6.45) is 3.38. The van der Waals surface area contributed by atoms with Gasteiger partial charge in [-0.3, -0.25) is 10.6 Å². The van der Waals surface area contributed by atoms with Crippen LogP contribution in [0.3, 0.4) is 0 Å². The van der Waals surface area contributed by atoms with Crippen molar-refractivity contribution in [2.75, 3.05) is 18.5 Å². The molecule has 0 spiro atoms. The van der Waals surface area contributed by atoms with Crippen LogP contribution in [0.2, 0.25) is 0 Å². The molecule has 0 aromatic heterocycles. The molecule has 0 aliphatic carbocycles. The second kappa shape index (κ2) is 6.06. The van der Waals surface area contributed by atoms with Gasteiger partial charge >= 0.3 is 0 Å². The molecule has 0 saturated carbocycles. The summed E-state index contributed by atoms with van der Waals surface area (Å²) in [5, 5.41) is 0. The van der Waals surface area contributed by atoms with Crippen molar-refractivity contribution in [2.24, 2.45) is 11.8 Å². The molecule has 4 heteroatoms. The highest BCUT2D eigenvalue weighted by Gasteiger charge is 2.21. The van der Waals surface area contributed by atoms with Crippen LogP contribution in [0.4, 0.5) is 5.69 Å². The number of aryl methyl sites for hydroxylation is 1. The van der Waals surface area contributed by atoms with Gasteiger partial charge in [-0.05, 0) is 44.2 Å². The lowest BCUT2D eigenvalue weighted by molar-refractivity contribution is 0.0761. The fourth-order valence-corrected chi connectivity index (χ4v) is 2.60. The molecule has 1 heterocycles. The quantitative estimate of drug-likeness (QED) is 0.635. The van der Waals surface area contributed by atoms with Crippen molar-refractivity contribution < 1.29 is 4.79 Å². The number of benzene rings is 1. The van der Waals surface area contributed by atoms with Crippen molar-refractivity contribution in [3.8, 4) is 0 Å². The molecule has 2 rings (SSSR count). The van der Waals surface area contributed by atoms with Gasteiger partial charge in [0.1, 0.15) is 0 Å². The van der Waals surface area contributed by atoms with E-state index < -0.39 is 0 Å². The number of carbonyl (C=O) groups is 1. The van der Waals surface area contributed by atoms with Gasteiger partial charge in [-0.25, -0.2) is 0 Å². The Labute approximate surface area is 114 Å². The van der Waals surface area contributed by atoms with Crippen molar-refractivity contribution >= 4 is 11.6 Å². The highest BCUT2D eigenvalue weighted by atomic mass is 16.2. The normalized spacial score (nSPS) is 19.9. The number of anilines is 1. The third kappa shape index (κ3) is 3.26. The summed E-state index contributed by atoms with van der Waals surface area (Å²) in [4.78, 5) is 14.6. The third-order valence-electron chi connectivity index (χ3n) is 3.86. The number of nitrogen functional groups attached to an aromatic ring is 1. The summed E-state index contributed by atoms with van der Waals surface area (Å²) in [5.41, 5.74) is 5.07. The van der Waals surface area contributed by atoms with E-state index in [-0.39, 0.29) is 5.91 Å². The Morgan fingerprint density at radius 3 is 2.89 bits per heavy atom. The van der Waals surface area contributed by atoms with Crippen LogP contribution in [0.1, 0.15) is 42.1 Å². The first-order chi connectivity index (χ1) is 9.11. The molecule has 1 fully saturated rings. The van der Waals surface area contributed by atoms with Crippen LogP contribution in [0.5, 0.6) is 0 Å². The second-order valence-electron chi connectivity index (χ2n) is 5.52. The van der Waals surface area contributed by atoms with Gasteiger partial charge in [-0.15, -0.1) is 0 Å². The molecular weight excluding hydrogens is 238 g/mol. The van der Waals surface area contributed by atoms with Gasteiger partial charge in [0.25, 0.3) is 5.91 Å². The number of carbonyl (C=O) groups excluding carboxylic acids is 1. The van der Waals surface area contributed by atoms with Crippen LogP contribution in [-0.2, 0) is 0 Å². The SMILES string of the molecule is Cc1ccc(NN)c(C(=O)N2CCCC(C)CC2)c1. The van der Waals surface area contributed by atoms with Gasteiger partial charge < -0.3 is 10.3 Å². The van der Waals surface area contributed by atoms with Gasteiger partial charge in [0.05, 0.1) is 11.3 Å². The molecule has 1 amide bonds. The third-order valence-corrected chi connectivity index (χ3v) is 3.86. The van der Waals surface area contributed by atoms with E-state index in [1.807, 2.05) is 30.0 Å². The van der Waals surface area contributed by atoms with Crippen molar-refractivity contribution in [1.29, 1.82) is 0 Å². The zero-order valence-corrected chi connectivity index (χ0v) is 11.8. The largest absolute Gasteiger partial charge is 0.339 e. The molecule has 3 N–H and O–H groups in total. The maximum absolute atomic E-state index is 12.6. The monoisotopic (exact) mass is 261 g/mol. The summed E-state index contributed by atoms with van der Waals surface area (Å²) in [5.74, 6) is 6.30. The Hall–Kier alpha value is -1.55. The van der Waals surface area contributed by atoms with Crippen LogP contribution in [0, 0.1) is 12.8 Å². The van der Waals surface area contributed by atoms with Crippen LogP contribution in [0.15, 0.2) is 18.2 Å². The van der Waals surface area contributed by atoms with Crippen LogP contribution < -0.4 is 11.3 Å². The fraction of sp³-hybridized carbons (Fsp3) is 0.533. The van der Waals surface area contributed by atoms with E-state index in [4.69, 9.17) is 5.84 Å². The number of rotatable bonds is 2. The summed E-state index contributed by atoms with van der Waals surface area (Å²) in [6, 6.07) is 5.73. The topological polar surface area (TPSA) is 58.4 Å². The summed E-state index contributed by atoms with van der Waals surface area (Å²) in [7, 11) is 0. The van der Waals surface area contributed by atoms with Crippen molar-refractivity contribution in [1.82, 2.24) is 4.90 Å². The van der Waals surface area contributed by atoms with Crippen molar-refractivity contribution in [3.63, 3.8) is 0 Å². The van der Waals surface area contributed by atoms with Gasteiger partial charge in [-0.2, -0.15) is 0 Å². The van der Waals surface area contributed by atoms with Gasteiger partial charge in [0.15, 0.2) is 0 Å². The lowest BCUT2D eigenvalue weighted by atomic mass is 10.0. The van der Waals surface area contributed by atoms with E-state index in [2.05, 4.69) is 12.3 Å². The molecule has 1 unspecified atom stereocenters. The predicted molar refractivity (Wildman–Crippen MR) is 77.9 cm³/mol. The molecule has 1 aromatic carbocycles. The predicted octanol–water partition coefficient (Wildman–Crippen LogP) is 2.54. The van der Waals surface area contributed by atoms with E-state index >= 15 is 0 Å². The molecule has 19 heavy (non-hydrogen) atoms. The number of hydrazine groups is 1. The first-order valence-electron chi connectivity index (χ1n) is 6.98. The van der Waals surface area contributed by atoms with Crippen molar-refractivity contribution in [3.05, 3.63) is 29.3 Å². The minimum atomic E-state index is 0.0887. The van der Waals surface area contributed by atoms with Crippen LogP contribution >= 0.6 is 0 Å².